The van der Waals surface area contributed by atoms with Gasteiger partial charge in [0.05, 0.1) is 23.4 Å². The quantitative estimate of drug-likeness (QED) is 0.405. The maximum atomic E-state index is 11.2. The molecule has 0 aliphatic carbocycles. The zero-order valence-corrected chi connectivity index (χ0v) is 12.1. The molecule has 3 N–H and O–H groups in total. The van der Waals surface area contributed by atoms with Crippen LogP contribution in [0.2, 0.25) is 0 Å². The number of nitrogens with zero attached hydrogens (tertiary/aromatic N) is 3. The predicted molar refractivity (Wildman–Crippen MR) is 78.9 cm³/mol. The van der Waals surface area contributed by atoms with Crippen LogP contribution in [-0.2, 0) is 11.2 Å². The van der Waals surface area contributed by atoms with E-state index < -0.39 is 10.8 Å². The molecule has 0 radical (unpaired) electrons. The van der Waals surface area contributed by atoms with Crippen LogP contribution in [0.4, 0.5) is 11.5 Å². The van der Waals surface area contributed by atoms with Crippen LogP contribution >= 0.6 is 0 Å². The van der Waals surface area contributed by atoms with E-state index in [9.17, 15) is 14.9 Å². The zero-order chi connectivity index (χ0) is 16.1. The topological polar surface area (TPSA) is 122 Å². The van der Waals surface area contributed by atoms with Gasteiger partial charge in [0, 0.05) is 6.07 Å². The number of hydrogen-bond donors (Lipinski definition) is 3. The minimum atomic E-state index is -0.609. The Morgan fingerprint density at radius 3 is 2.91 bits per heavy atom. The van der Waals surface area contributed by atoms with Crippen molar-refractivity contribution in [1.29, 1.82) is 0 Å². The number of imidazole rings is 1. The maximum Gasteiger partial charge on any atom is 0.286 e. The van der Waals surface area contributed by atoms with Gasteiger partial charge in [-0.1, -0.05) is 13.3 Å². The Kier molecular flexibility index (Phi) is 4.89. The number of hydroxylamine groups is 1. The van der Waals surface area contributed by atoms with Crippen LogP contribution in [-0.4, -0.2) is 32.0 Å². The highest BCUT2D eigenvalue weighted by Crippen LogP contribution is 2.23. The summed E-state index contributed by atoms with van der Waals surface area (Å²) in [5.41, 5.74) is 2.75. The summed E-state index contributed by atoms with van der Waals surface area (Å²) in [5.74, 6) is -0.0856. The predicted octanol–water partition coefficient (Wildman–Crippen LogP) is 1.50. The number of aromatic nitrogens is 2. The molecule has 0 aliphatic heterocycles. The molecule has 22 heavy (non-hydrogen) atoms. The van der Waals surface area contributed by atoms with E-state index in [1.807, 2.05) is 6.92 Å². The third-order valence-electron chi connectivity index (χ3n) is 3.19. The summed E-state index contributed by atoms with van der Waals surface area (Å²) < 4.78 is 1.55. The molecule has 0 atom stereocenters. The lowest BCUT2D eigenvalue weighted by molar-refractivity contribution is -0.385. The molecule has 2 heterocycles. The van der Waals surface area contributed by atoms with E-state index in [-0.39, 0.29) is 12.2 Å². The van der Waals surface area contributed by atoms with E-state index in [4.69, 9.17) is 5.21 Å². The summed E-state index contributed by atoms with van der Waals surface area (Å²) >= 11 is 0. The number of nitro groups is 1. The van der Waals surface area contributed by atoms with Crippen molar-refractivity contribution in [3.8, 4) is 0 Å². The Hall–Kier alpha value is -2.68. The Labute approximate surface area is 126 Å². The first-order valence-electron chi connectivity index (χ1n) is 6.89. The highest BCUT2D eigenvalue weighted by atomic mass is 16.6. The molecule has 0 aromatic carbocycles. The average molecular weight is 307 g/mol. The van der Waals surface area contributed by atoms with Gasteiger partial charge < -0.3 is 5.32 Å². The minimum absolute atomic E-state index is 0.0680. The summed E-state index contributed by atoms with van der Waals surface area (Å²) in [7, 11) is 0. The Balaban J connectivity index is 2.42. The SMILES string of the molecule is CCCCc1nc2ccc([N+](=O)[O-])cn2c1NCC(=O)NO. The molecule has 118 valence electrons. The molecule has 2 rings (SSSR count). The van der Waals surface area contributed by atoms with Crippen LogP contribution in [0.25, 0.3) is 5.65 Å². The first kappa shape index (κ1) is 15.7. The minimum Gasteiger partial charge on any atom is -0.360 e. The number of carbonyl (C=O) groups is 1. The van der Waals surface area contributed by atoms with Gasteiger partial charge in [-0.05, 0) is 18.9 Å². The molecule has 0 saturated heterocycles. The van der Waals surface area contributed by atoms with Gasteiger partial charge in [-0.25, -0.2) is 10.5 Å². The lowest BCUT2D eigenvalue weighted by Gasteiger charge is -2.07. The van der Waals surface area contributed by atoms with Crippen LogP contribution in [0.5, 0.6) is 0 Å². The lowest BCUT2D eigenvalue weighted by atomic mass is 10.2. The van der Waals surface area contributed by atoms with Gasteiger partial charge in [0.1, 0.15) is 11.5 Å². The van der Waals surface area contributed by atoms with E-state index >= 15 is 0 Å². The van der Waals surface area contributed by atoms with Gasteiger partial charge in [-0.2, -0.15) is 0 Å². The number of pyridine rings is 1. The number of aryl methyl sites for hydroxylation is 1. The average Bonchev–Trinajstić information content (AvgIpc) is 2.87. The van der Waals surface area contributed by atoms with Crippen molar-refractivity contribution >= 4 is 23.1 Å². The molecule has 9 nitrogen and oxygen atoms in total. The molecule has 0 spiro atoms. The second-order valence-electron chi connectivity index (χ2n) is 4.77. The number of nitrogens with one attached hydrogen (secondary N) is 2. The lowest BCUT2D eigenvalue weighted by Crippen LogP contribution is -2.27. The Morgan fingerprint density at radius 2 is 2.27 bits per heavy atom. The molecule has 9 heteroatoms. The largest absolute Gasteiger partial charge is 0.360 e. The van der Waals surface area contributed by atoms with Crippen molar-refractivity contribution in [1.82, 2.24) is 14.9 Å². The third kappa shape index (κ3) is 3.31. The molecule has 0 unspecified atom stereocenters. The van der Waals surface area contributed by atoms with Crippen molar-refractivity contribution in [2.45, 2.75) is 26.2 Å². The van der Waals surface area contributed by atoms with Gasteiger partial charge in [-0.15, -0.1) is 0 Å². The van der Waals surface area contributed by atoms with Crippen molar-refractivity contribution < 1.29 is 14.9 Å². The summed E-state index contributed by atoms with van der Waals surface area (Å²) in [6.45, 7) is 1.89. The van der Waals surface area contributed by atoms with Crippen LogP contribution in [0.3, 0.4) is 0 Å². The van der Waals surface area contributed by atoms with Crippen molar-refractivity contribution in [3.05, 3.63) is 34.1 Å². The Bertz CT molecular complexity index is 697. The number of carbonyl (C=O) groups excluding carboxylic acids is 1. The van der Waals surface area contributed by atoms with Gasteiger partial charge in [0.25, 0.3) is 11.6 Å². The molecule has 0 fully saturated rings. The summed E-state index contributed by atoms with van der Waals surface area (Å²) in [4.78, 5) is 26.0. The van der Waals surface area contributed by atoms with Crippen molar-refractivity contribution in [3.63, 3.8) is 0 Å². The Morgan fingerprint density at radius 1 is 1.50 bits per heavy atom. The number of fused-ring (bicyclic) bond motifs is 1. The van der Waals surface area contributed by atoms with Crippen molar-refractivity contribution in [2.24, 2.45) is 0 Å². The third-order valence-corrected chi connectivity index (χ3v) is 3.19. The molecule has 2 aromatic heterocycles. The zero-order valence-electron chi connectivity index (χ0n) is 12.1. The van der Waals surface area contributed by atoms with E-state index in [2.05, 4.69) is 10.3 Å². The van der Waals surface area contributed by atoms with Crippen LogP contribution in [0, 0.1) is 10.1 Å². The van der Waals surface area contributed by atoms with Gasteiger partial charge >= 0.3 is 0 Å². The van der Waals surface area contributed by atoms with Crippen LogP contribution < -0.4 is 10.8 Å². The van der Waals surface area contributed by atoms with Gasteiger partial charge in [0.15, 0.2) is 0 Å². The van der Waals surface area contributed by atoms with Crippen molar-refractivity contribution in [2.75, 3.05) is 11.9 Å². The highest BCUT2D eigenvalue weighted by molar-refractivity contribution is 5.79. The summed E-state index contributed by atoms with van der Waals surface area (Å²) in [5, 5.41) is 22.3. The highest BCUT2D eigenvalue weighted by Gasteiger charge is 2.15. The van der Waals surface area contributed by atoms with Gasteiger partial charge in [-0.3, -0.25) is 24.5 Å². The standard InChI is InChI=1S/C13H17N5O4/c1-2-3-4-10-13(14-7-12(19)16-20)17-8-9(18(21)22)5-6-11(17)15-10/h5-6,8,14,20H,2-4,7H2,1H3,(H,16,19). The first-order chi connectivity index (χ1) is 10.6. The van der Waals surface area contributed by atoms with E-state index in [0.29, 0.717) is 17.9 Å². The molecule has 0 aliphatic rings. The van der Waals surface area contributed by atoms with Crippen LogP contribution in [0.15, 0.2) is 18.3 Å². The second kappa shape index (κ2) is 6.85. The van der Waals surface area contributed by atoms with Crippen LogP contribution in [0.1, 0.15) is 25.5 Å². The fraction of sp³-hybridized carbons (Fsp3) is 0.385. The normalized spacial score (nSPS) is 10.6. The fourth-order valence-corrected chi connectivity index (χ4v) is 2.10. The van der Waals surface area contributed by atoms with E-state index in [1.165, 1.54) is 17.7 Å². The van der Waals surface area contributed by atoms with E-state index in [0.717, 1.165) is 18.5 Å². The number of anilines is 1. The number of hydrogen-bond acceptors (Lipinski definition) is 6. The molecule has 2 aromatic rings. The van der Waals surface area contributed by atoms with E-state index in [1.54, 1.807) is 10.5 Å². The maximum absolute atomic E-state index is 11.2. The number of amides is 1. The number of unbranched alkanes of at least 4 members (excludes halogenated alkanes) is 1. The van der Waals surface area contributed by atoms with Gasteiger partial charge in [0.2, 0.25) is 0 Å². The molecule has 1 amide bonds. The number of rotatable bonds is 7. The fourth-order valence-electron chi connectivity index (χ4n) is 2.10. The first-order valence-corrected chi connectivity index (χ1v) is 6.89. The molecular formula is C13H17N5O4. The molecule has 0 saturated carbocycles. The second-order valence-corrected chi connectivity index (χ2v) is 4.77. The molecule has 0 bridgehead atoms. The summed E-state index contributed by atoms with van der Waals surface area (Å²) in [6.07, 6.45) is 3.93. The smallest absolute Gasteiger partial charge is 0.286 e. The molecular weight excluding hydrogens is 290 g/mol. The summed E-state index contributed by atoms with van der Waals surface area (Å²) in [6, 6.07) is 2.95. The monoisotopic (exact) mass is 307 g/mol.